The van der Waals surface area contributed by atoms with Crippen LogP contribution in [0, 0.1) is 6.92 Å². The molecule has 25 heavy (non-hydrogen) atoms. The molecule has 1 fully saturated rings. The van der Waals surface area contributed by atoms with Crippen molar-refractivity contribution in [1.29, 1.82) is 0 Å². The molecule has 0 aliphatic carbocycles. The number of carbonyl (C=O) groups excluding carboxylic acids is 1. The lowest BCUT2D eigenvalue weighted by Crippen LogP contribution is -2.48. The fourth-order valence-electron chi connectivity index (χ4n) is 3.47. The molecule has 5 heteroatoms. The minimum absolute atomic E-state index is 0.159. The standard InChI is InChI=1S/C20H21NO4/c1-15-7-5-10-17-18(15)21(11-14-23-16-8-3-2-4-9-16)19(22)20(17)24-12-6-13-25-20/h2-5,7-10H,6,11-14H2,1H3. The van der Waals surface area contributed by atoms with Crippen molar-refractivity contribution in [3.63, 3.8) is 0 Å². The highest BCUT2D eigenvalue weighted by molar-refractivity contribution is 6.06. The second-order valence-corrected chi connectivity index (χ2v) is 6.26. The van der Waals surface area contributed by atoms with Crippen LogP contribution < -0.4 is 9.64 Å². The molecule has 0 N–H and O–H groups in total. The molecule has 2 aliphatic rings. The minimum Gasteiger partial charge on any atom is -0.492 e. The molecule has 1 amide bonds. The molecule has 130 valence electrons. The number of para-hydroxylation sites is 2. The van der Waals surface area contributed by atoms with Gasteiger partial charge in [0.25, 0.3) is 11.7 Å². The van der Waals surface area contributed by atoms with Crippen LogP contribution in [0.3, 0.4) is 0 Å². The SMILES string of the molecule is Cc1cccc2c1N(CCOc1ccccc1)C(=O)C21OCCCO1. The van der Waals surface area contributed by atoms with Gasteiger partial charge in [0, 0.05) is 5.56 Å². The van der Waals surface area contributed by atoms with E-state index in [0.29, 0.717) is 26.4 Å². The Labute approximate surface area is 147 Å². The number of amides is 1. The zero-order valence-corrected chi connectivity index (χ0v) is 14.2. The van der Waals surface area contributed by atoms with Crippen LogP contribution in [0.25, 0.3) is 0 Å². The molecule has 0 unspecified atom stereocenters. The lowest BCUT2D eigenvalue weighted by molar-refractivity contribution is -0.256. The van der Waals surface area contributed by atoms with Crippen molar-refractivity contribution in [3.8, 4) is 5.75 Å². The number of benzene rings is 2. The van der Waals surface area contributed by atoms with Gasteiger partial charge in [-0.2, -0.15) is 0 Å². The molecule has 5 nitrogen and oxygen atoms in total. The van der Waals surface area contributed by atoms with Crippen LogP contribution >= 0.6 is 0 Å². The highest BCUT2D eigenvalue weighted by atomic mass is 16.7. The van der Waals surface area contributed by atoms with Gasteiger partial charge in [-0.05, 0) is 31.0 Å². The van der Waals surface area contributed by atoms with Crippen molar-refractivity contribution in [2.45, 2.75) is 19.1 Å². The molecule has 1 saturated heterocycles. The molecule has 0 bridgehead atoms. The van der Waals surface area contributed by atoms with Gasteiger partial charge in [0.15, 0.2) is 0 Å². The average molecular weight is 339 g/mol. The lowest BCUT2D eigenvalue weighted by Gasteiger charge is -2.32. The summed E-state index contributed by atoms with van der Waals surface area (Å²) in [7, 11) is 0. The summed E-state index contributed by atoms with van der Waals surface area (Å²) in [5.74, 6) is -0.654. The summed E-state index contributed by atoms with van der Waals surface area (Å²) in [5.41, 5.74) is 2.71. The maximum atomic E-state index is 13.2. The third kappa shape index (κ3) is 2.69. The molecule has 2 aromatic rings. The third-order valence-corrected chi connectivity index (χ3v) is 4.62. The number of aryl methyl sites for hydroxylation is 1. The lowest BCUT2D eigenvalue weighted by atomic mass is 10.0. The highest BCUT2D eigenvalue weighted by Crippen LogP contribution is 2.46. The van der Waals surface area contributed by atoms with Gasteiger partial charge in [0.1, 0.15) is 12.4 Å². The first-order valence-corrected chi connectivity index (χ1v) is 8.60. The number of hydrogen-bond donors (Lipinski definition) is 0. The van der Waals surface area contributed by atoms with Gasteiger partial charge in [-0.15, -0.1) is 0 Å². The third-order valence-electron chi connectivity index (χ3n) is 4.62. The second kappa shape index (κ2) is 6.50. The Morgan fingerprint density at radius 2 is 1.84 bits per heavy atom. The molecule has 0 atom stereocenters. The van der Waals surface area contributed by atoms with E-state index in [1.807, 2.05) is 55.5 Å². The normalized spacial score (nSPS) is 18.4. The second-order valence-electron chi connectivity index (χ2n) is 6.26. The zero-order chi connectivity index (χ0) is 17.3. The van der Waals surface area contributed by atoms with Crippen molar-refractivity contribution < 1.29 is 19.0 Å². The van der Waals surface area contributed by atoms with E-state index in [0.717, 1.165) is 29.0 Å². The summed E-state index contributed by atoms with van der Waals surface area (Å²) in [6.45, 7) is 3.89. The number of ether oxygens (including phenoxy) is 3. The Morgan fingerprint density at radius 3 is 2.60 bits per heavy atom. The predicted octanol–water partition coefficient (Wildman–Crippen LogP) is 3.01. The maximum absolute atomic E-state index is 13.2. The summed E-state index contributed by atoms with van der Waals surface area (Å²) >= 11 is 0. The smallest absolute Gasteiger partial charge is 0.292 e. The molecule has 0 radical (unpaired) electrons. The Balaban J connectivity index is 1.59. The van der Waals surface area contributed by atoms with E-state index in [2.05, 4.69) is 0 Å². The van der Waals surface area contributed by atoms with Crippen LogP contribution in [-0.2, 0) is 20.1 Å². The van der Waals surface area contributed by atoms with Crippen molar-refractivity contribution in [1.82, 2.24) is 0 Å². The quantitative estimate of drug-likeness (QED) is 0.859. The minimum atomic E-state index is -1.29. The zero-order valence-electron chi connectivity index (χ0n) is 14.2. The molecule has 2 aromatic carbocycles. The van der Waals surface area contributed by atoms with Crippen LogP contribution in [0.1, 0.15) is 17.5 Å². The predicted molar refractivity (Wildman–Crippen MR) is 93.7 cm³/mol. The molecular formula is C20H21NO4. The van der Waals surface area contributed by atoms with Crippen LogP contribution in [0.2, 0.25) is 0 Å². The van der Waals surface area contributed by atoms with Crippen LogP contribution in [0.5, 0.6) is 5.75 Å². The highest BCUT2D eigenvalue weighted by Gasteiger charge is 2.55. The summed E-state index contributed by atoms with van der Waals surface area (Å²) in [6.07, 6.45) is 0.799. The molecule has 0 saturated carbocycles. The van der Waals surface area contributed by atoms with E-state index in [9.17, 15) is 4.79 Å². The fraction of sp³-hybridized carbons (Fsp3) is 0.350. The molecule has 0 aromatic heterocycles. The number of hydrogen-bond acceptors (Lipinski definition) is 4. The van der Waals surface area contributed by atoms with E-state index >= 15 is 0 Å². The summed E-state index contributed by atoms with van der Waals surface area (Å²) in [6, 6.07) is 15.5. The maximum Gasteiger partial charge on any atom is 0.292 e. The average Bonchev–Trinajstić information content (AvgIpc) is 2.87. The van der Waals surface area contributed by atoms with Gasteiger partial charge in [-0.25, -0.2) is 0 Å². The van der Waals surface area contributed by atoms with E-state index in [-0.39, 0.29) is 5.91 Å². The van der Waals surface area contributed by atoms with Crippen LogP contribution in [-0.4, -0.2) is 32.3 Å². The van der Waals surface area contributed by atoms with Crippen LogP contribution in [0.15, 0.2) is 48.5 Å². The number of carbonyl (C=O) groups is 1. The topological polar surface area (TPSA) is 48.0 Å². The summed E-state index contributed by atoms with van der Waals surface area (Å²) in [4.78, 5) is 14.9. The summed E-state index contributed by atoms with van der Waals surface area (Å²) in [5, 5.41) is 0. The van der Waals surface area contributed by atoms with Crippen molar-refractivity contribution >= 4 is 11.6 Å². The monoisotopic (exact) mass is 339 g/mol. The molecular weight excluding hydrogens is 318 g/mol. The Bertz CT molecular complexity index is 769. The number of fused-ring (bicyclic) bond motifs is 2. The Kier molecular flexibility index (Phi) is 4.19. The van der Waals surface area contributed by atoms with E-state index in [1.54, 1.807) is 4.90 Å². The van der Waals surface area contributed by atoms with Gasteiger partial charge in [-0.3, -0.25) is 4.79 Å². The van der Waals surface area contributed by atoms with Gasteiger partial charge in [0.2, 0.25) is 0 Å². The van der Waals surface area contributed by atoms with Gasteiger partial charge in [0.05, 0.1) is 25.4 Å². The Hall–Kier alpha value is -2.37. The van der Waals surface area contributed by atoms with E-state index < -0.39 is 5.79 Å². The molecule has 2 aliphatic heterocycles. The van der Waals surface area contributed by atoms with Gasteiger partial charge < -0.3 is 19.1 Å². The first kappa shape index (κ1) is 16.1. The molecule has 2 heterocycles. The van der Waals surface area contributed by atoms with Gasteiger partial charge in [-0.1, -0.05) is 36.4 Å². The first-order chi connectivity index (χ1) is 12.2. The molecule has 4 rings (SSSR count). The van der Waals surface area contributed by atoms with Crippen molar-refractivity contribution in [2.24, 2.45) is 0 Å². The van der Waals surface area contributed by atoms with Crippen LogP contribution in [0.4, 0.5) is 5.69 Å². The first-order valence-electron chi connectivity index (χ1n) is 8.60. The van der Waals surface area contributed by atoms with E-state index in [1.165, 1.54) is 0 Å². The Morgan fingerprint density at radius 1 is 1.08 bits per heavy atom. The fourth-order valence-corrected chi connectivity index (χ4v) is 3.47. The molecule has 1 spiro atoms. The van der Waals surface area contributed by atoms with Gasteiger partial charge >= 0.3 is 0 Å². The summed E-state index contributed by atoms with van der Waals surface area (Å²) < 4.78 is 17.5. The van der Waals surface area contributed by atoms with Crippen molar-refractivity contribution in [2.75, 3.05) is 31.3 Å². The number of nitrogens with zero attached hydrogens (tertiary/aromatic N) is 1. The number of anilines is 1. The van der Waals surface area contributed by atoms with Crippen molar-refractivity contribution in [3.05, 3.63) is 59.7 Å². The van der Waals surface area contributed by atoms with E-state index in [4.69, 9.17) is 14.2 Å². The largest absolute Gasteiger partial charge is 0.492 e. The number of rotatable bonds is 4.